The highest BCUT2D eigenvalue weighted by Crippen LogP contribution is 2.18. The van der Waals surface area contributed by atoms with Crippen LogP contribution in [0.3, 0.4) is 0 Å². The third kappa shape index (κ3) is 1.30. The number of hydrogen-bond donors (Lipinski definition) is 0. The van der Waals surface area contributed by atoms with E-state index in [9.17, 15) is 0 Å². The number of nitrogens with zero attached hydrogens (tertiary/aromatic N) is 3. The molecular formula is C5H7N3. The largest absolute Gasteiger partial charge is 0.198 e. The molecule has 1 unspecified atom stereocenters. The standard InChI is InChI=1S/C5H7N3/c1-4(3-6)2-5-7-8-5/h4-5H,2H2,1H3. The first-order valence-corrected chi connectivity index (χ1v) is 2.62. The van der Waals surface area contributed by atoms with Gasteiger partial charge in [0.05, 0.1) is 6.07 Å². The third-order valence-electron chi connectivity index (χ3n) is 1.06. The molecule has 0 radical (unpaired) electrons. The van der Waals surface area contributed by atoms with Gasteiger partial charge in [-0.2, -0.15) is 15.5 Å². The van der Waals surface area contributed by atoms with Crippen LogP contribution in [0, 0.1) is 17.2 Å². The van der Waals surface area contributed by atoms with Gasteiger partial charge in [-0.05, 0) is 6.92 Å². The van der Waals surface area contributed by atoms with Crippen molar-refractivity contribution in [3.8, 4) is 6.07 Å². The summed E-state index contributed by atoms with van der Waals surface area (Å²) in [5, 5.41) is 15.6. The Morgan fingerprint density at radius 1 is 1.75 bits per heavy atom. The molecule has 3 heteroatoms. The van der Waals surface area contributed by atoms with E-state index in [1.165, 1.54) is 0 Å². The predicted octanol–water partition coefficient (Wildman–Crippen LogP) is 1.33. The Hall–Kier alpha value is -0.910. The Labute approximate surface area is 48.0 Å². The lowest BCUT2D eigenvalue weighted by molar-refractivity contribution is 0.640. The van der Waals surface area contributed by atoms with Crippen LogP contribution in [-0.2, 0) is 0 Å². The average molecular weight is 109 g/mol. The summed E-state index contributed by atoms with van der Waals surface area (Å²) in [4.78, 5) is 0. The van der Waals surface area contributed by atoms with E-state index >= 15 is 0 Å². The molecule has 0 amide bonds. The van der Waals surface area contributed by atoms with Gasteiger partial charge in [0.25, 0.3) is 0 Å². The summed E-state index contributed by atoms with van der Waals surface area (Å²) < 4.78 is 0. The molecule has 0 aliphatic carbocycles. The molecule has 0 aromatic heterocycles. The summed E-state index contributed by atoms with van der Waals surface area (Å²) in [5.41, 5.74) is 0. The van der Waals surface area contributed by atoms with E-state index < -0.39 is 0 Å². The molecule has 8 heavy (non-hydrogen) atoms. The van der Waals surface area contributed by atoms with E-state index in [1.807, 2.05) is 6.92 Å². The Balaban J connectivity index is 2.10. The summed E-state index contributed by atoms with van der Waals surface area (Å²) in [6, 6.07) is 2.12. The summed E-state index contributed by atoms with van der Waals surface area (Å²) in [6.07, 6.45) is 0.959. The fraction of sp³-hybridized carbons (Fsp3) is 0.800. The molecular weight excluding hydrogens is 102 g/mol. The molecule has 0 spiro atoms. The number of nitriles is 1. The summed E-state index contributed by atoms with van der Waals surface area (Å²) in [7, 11) is 0. The highest BCUT2D eigenvalue weighted by atomic mass is 15.4. The maximum absolute atomic E-state index is 8.28. The molecule has 42 valence electrons. The topological polar surface area (TPSA) is 48.5 Å². The van der Waals surface area contributed by atoms with Gasteiger partial charge in [-0.1, -0.05) is 0 Å². The van der Waals surface area contributed by atoms with Crippen molar-refractivity contribution < 1.29 is 0 Å². The van der Waals surface area contributed by atoms with Crippen LogP contribution in [0.2, 0.25) is 0 Å². The van der Waals surface area contributed by atoms with Gasteiger partial charge in [0.2, 0.25) is 0 Å². The van der Waals surface area contributed by atoms with E-state index in [-0.39, 0.29) is 12.1 Å². The SMILES string of the molecule is CC(C#N)CC1N=N1. The first-order chi connectivity index (χ1) is 3.83. The van der Waals surface area contributed by atoms with Gasteiger partial charge in [-0.25, -0.2) is 0 Å². The van der Waals surface area contributed by atoms with Crippen molar-refractivity contribution in [2.75, 3.05) is 0 Å². The second-order valence-electron chi connectivity index (χ2n) is 1.98. The Kier molecular flexibility index (Phi) is 1.25. The van der Waals surface area contributed by atoms with Crippen molar-refractivity contribution in [2.24, 2.45) is 16.1 Å². The minimum absolute atomic E-state index is 0.106. The van der Waals surface area contributed by atoms with E-state index in [0.717, 1.165) is 6.42 Å². The monoisotopic (exact) mass is 109 g/mol. The zero-order valence-electron chi connectivity index (χ0n) is 4.70. The van der Waals surface area contributed by atoms with E-state index in [1.54, 1.807) is 0 Å². The minimum Gasteiger partial charge on any atom is -0.198 e. The van der Waals surface area contributed by atoms with Gasteiger partial charge in [0.1, 0.15) is 0 Å². The molecule has 1 aliphatic rings. The van der Waals surface area contributed by atoms with Gasteiger partial charge in [-0.3, -0.25) is 0 Å². The van der Waals surface area contributed by atoms with Crippen molar-refractivity contribution in [1.29, 1.82) is 5.26 Å². The number of hydrogen-bond acceptors (Lipinski definition) is 3. The average Bonchev–Trinajstić information content (AvgIpc) is 2.50. The Morgan fingerprint density at radius 2 is 2.38 bits per heavy atom. The lowest BCUT2D eigenvalue weighted by atomic mass is 10.1. The van der Waals surface area contributed by atoms with Gasteiger partial charge in [0.15, 0.2) is 6.17 Å². The maximum atomic E-state index is 8.28. The zero-order valence-corrected chi connectivity index (χ0v) is 4.70. The van der Waals surface area contributed by atoms with Crippen molar-refractivity contribution >= 4 is 0 Å². The molecule has 0 fully saturated rings. The molecule has 0 N–H and O–H groups in total. The van der Waals surface area contributed by atoms with Crippen LogP contribution in [0.5, 0.6) is 0 Å². The van der Waals surface area contributed by atoms with Crippen molar-refractivity contribution in [1.82, 2.24) is 0 Å². The van der Waals surface area contributed by atoms with Crippen LogP contribution in [-0.4, -0.2) is 6.17 Å². The van der Waals surface area contributed by atoms with E-state index in [2.05, 4.69) is 16.3 Å². The van der Waals surface area contributed by atoms with Gasteiger partial charge < -0.3 is 0 Å². The molecule has 0 aromatic carbocycles. The molecule has 1 rings (SSSR count). The summed E-state index contributed by atoms with van der Waals surface area (Å²) in [6.45, 7) is 1.88. The lowest BCUT2D eigenvalue weighted by Crippen LogP contribution is -1.94. The summed E-state index contributed by atoms with van der Waals surface area (Å²) >= 11 is 0. The molecule has 0 aromatic rings. The second kappa shape index (κ2) is 1.91. The van der Waals surface area contributed by atoms with Gasteiger partial charge >= 0.3 is 0 Å². The van der Waals surface area contributed by atoms with Crippen LogP contribution < -0.4 is 0 Å². The quantitative estimate of drug-likeness (QED) is 0.527. The number of rotatable bonds is 2. The Bertz CT molecular complexity index is 138. The first kappa shape index (κ1) is 5.23. The van der Waals surface area contributed by atoms with Crippen LogP contribution >= 0.6 is 0 Å². The Morgan fingerprint density at radius 3 is 2.75 bits per heavy atom. The summed E-state index contributed by atoms with van der Waals surface area (Å²) in [5.74, 6) is 0.106. The van der Waals surface area contributed by atoms with Crippen molar-refractivity contribution in [3.05, 3.63) is 0 Å². The van der Waals surface area contributed by atoms with Crippen LogP contribution in [0.15, 0.2) is 10.2 Å². The minimum atomic E-state index is 0.106. The second-order valence-corrected chi connectivity index (χ2v) is 1.98. The van der Waals surface area contributed by atoms with Gasteiger partial charge in [-0.15, -0.1) is 0 Å². The lowest BCUT2D eigenvalue weighted by Gasteiger charge is -1.92. The van der Waals surface area contributed by atoms with Crippen molar-refractivity contribution in [3.63, 3.8) is 0 Å². The normalized spacial score (nSPS) is 20.0. The molecule has 0 saturated carbocycles. The smallest absolute Gasteiger partial charge is 0.182 e. The molecule has 3 nitrogen and oxygen atoms in total. The van der Waals surface area contributed by atoms with Crippen molar-refractivity contribution in [2.45, 2.75) is 19.5 Å². The highest BCUT2D eigenvalue weighted by molar-refractivity contribution is 4.84. The van der Waals surface area contributed by atoms with Crippen LogP contribution in [0.25, 0.3) is 0 Å². The van der Waals surface area contributed by atoms with Crippen LogP contribution in [0.1, 0.15) is 13.3 Å². The van der Waals surface area contributed by atoms with Gasteiger partial charge in [0, 0.05) is 12.3 Å². The molecule has 1 aliphatic heterocycles. The molecule has 1 heterocycles. The fourth-order valence-electron chi connectivity index (χ4n) is 0.510. The van der Waals surface area contributed by atoms with E-state index in [0.29, 0.717) is 0 Å². The molecule has 0 bridgehead atoms. The molecule has 0 saturated heterocycles. The predicted molar refractivity (Wildman–Crippen MR) is 28.0 cm³/mol. The van der Waals surface area contributed by atoms with Crippen LogP contribution in [0.4, 0.5) is 0 Å². The maximum Gasteiger partial charge on any atom is 0.182 e. The highest BCUT2D eigenvalue weighted by Gasteiger charge is 2.18. The fourth-order valence-corrected chi connectivity index (χ4v) is 0.510. The third-order valence-corrected chi connectivity index (χ3v) is 1.06. The van der Waals surface area contributed by atoms with E-state index in [4.69, 9.17) is 5.26 Å². The first-order valence-electron chi connectivity index (χ1n) is 2.62. The zero-order chi connectivity index (χ0) is 5.98. The molecule has 1 atom stereocenters.